The van der Waals surface area contributed by atoms with E-state index in [1.807, 2.05) is 13.1 Å². The van der Waals surface area contributed by atoms with Crippen LogP contribution in [0.5, 0.6) is 0 Å². The Morgan fingerprint density at radius 3 is 2.75 bits per heavy atom. The van der Waals surface area contributed by atoms with E-state index in [4.69, 9.17) is 0 Å². The molecule has 1 fully saturated rings. The van der Waals surface area contributed by atoms with Gasteiger partial charge < -0.3 is 15.5 Å². The Morgan fingerprint density at radius 1 is 1.35 bits per heavy atom. The first-order valence-electron chi connectivity index (χ1n) is 7.67. The molecule has 0 aliphatic carbocycles. The molecule has 1 aliphatic heterocycles. The Labute approximate surface area is 122 Å². The molecule has 1 aliphatic rings. The minimum atomic E-state index is 0.687. The highest BCUT2D eigenvalue weighted by molar-refractivity contribution is 5.38. The van der Waals surface area contributed by atoms with Crippen molar-refractivity contribution in [1.29, 1.82) is 0 Å². The Hall–Kier alpha value is -1.36. The number of piperidine rings is 1. The molecule has 0 atom stereocenters. The molecule has 2 N–H and O–H groups in total. The van der Waals surface area contributed by atoms with Gasteiger partial charge in [-0.15, -0.1) is 0 Å². The Morgan fingerprint density at radius 2 is 2.10 bits per heavy atom. The highest BCUT2D eigenvalue weighted by atomic mass is 15.2. The summed E-state index contributed by atoms with van der Waals surface area (Å²) in [6.45, 7) is 8.02. The smallest absolute Gasteiger partial charge is 0.224 e. The molecule has 5 heteroatoms. The van der Waals surface area contributed by atoms with Gasteiger partial charge in [0.05, 0.1) is 0 Å². The molecule has 1 aromatic rings. The van der Waals surface area contributed by atoms with Crippen molar-refractivity contribution >= 4 is 11.8 Å². The monoisotopic (exact) mass is 277 g/mol. The minimum absolute atomic E-state index is 0.687. The molecule has 20 heavy (non-hydrogen) atoms. The SMILES string of the molecule is CNc1ccnc(NCCC2CCN(C(C)C)CC2)n1. The van der Waals surface area contributed by atoms with Crippen LogP contribution in [0.4, 0.5) is 11.8 Å². The number of rotatable bonds is 6. The van der Waals surface area contributed by atoms with E-state index in [2.05, 4.69) is 39.3 Å². The van der Waals surface area contributed by atoms with Gasteiger partial charge in [0.15, 0.2) is 0 Å². The highest BCUT2D eigenvalue weighted by Crippen LogP contribution is 2.21. The van der Waals surface area contributed by atoms with Crippen LogP contribution in [-0.2, 0) is 0 Å². The quantitative estimate of drug-likeness (QED) is 0.836. The molecule has 2 rings (SSSR count). The van der Waals surface area contributed by atoms with Crippen molar-refractivity contribution in [2.45, 2.75) is 39.2 Å². The number of aromatic nitrogens is 2. The molecule has 0 amide bonds. The van der Waals surface area contributed by atoms with Crippen LogP contribution < -0.4 is 10.6 Å². The topological polar surface area (TPSA) is 53.1 Å². The molecular formula is C15H27N5. The summed E-state index contributed by atoms with van der Waals surface area (Å²) in [5, 5.41) is 6.35. The van der Waals surface area contributed by atoms with Gasteiger partial charge in [-0.2, -0.15) is 4.98 Å². The molecule has 0 saturated carbocycles. The molecule has 1 saturated heterocycles. The lowest BCUT2D eigenvalue weighted by Gasteiger charge is -2.34. The summed E-state index contributed by atoms with van der Waals surface area (Å²) in [6.07, 6.45) is 5.62. The summed E-state index contributed by atoms with van der Waals surface area (Å²) in [4.78, 5) is 11.2. The molecule has 112 valence electrons. The second-order valence-electron chi connectivity index (χ2n) is 5.80. The lowest BCUT2D eigenvalue weighted by atomic mass is 9.93. The normalized spacial score (nSPS) is 17.4. The zero-order valence-electron chi connectivity index (χ0n) is 12.9. The van der Waals surface area contributed by atoms with Gasteiger partial charge in [0, 0.05) is 25.8 Å². The highest BCUT2D eigenvalue weighted by Gasteiger charge is 2.20. The zero-order valence-corrected chi connectivity index (χ0v) is 12.9. The van der Waals surface area contributed by atoms with Gasteiger partial charge in [0.25, 0.3) is 0 Å². The summed E-state index contributed by atoms with van der Waals surface area (Å²) in [5.41, 5.74) is 0. The summed E-state index contributed by atoms with van der Waals surface area (Å²) in [6, 6.07) is 2.55. The van der Waals surface area contributed by atoms with E-state index in [-0.39, 0.29) is 0 Å². The van der Waals surface area contributed by atoms with Crippen molar-refractivity contribution < 1.29 is 0 Å². The van der Waals surface area contributed by atoms with Crippen LogP contribution >= 0.6 is 0 Å². The van der Waals surface area contributed by atoms with E-state index >= 15 is 0 Å². The Kier molecular flexibility index (Phi) is 5.59. The van der Waals surface area contributed by atoms with Gasteiger partial charge in [-0.1, -0.05) is 0 Å². The predicted molar refractivity (Wildman–Crippen MR) is 84.1 cm³/mol. The third kappa shape index (κ3) is 4.34. The number of likely N-dealkylation sites (tertiary alicyclic amines) is 1. The molecule has 0 unspecified atom stereocenters. The van der Waals surface area contributed by atoms with Crippen LogP contribution in [0.25, 0.3) is 0 Å². The Balaban J connectivity index is 1.69. The minimum Gasteiger partial charge on any atom is -0.373 e. The van der Waals surface area contributed by atoms with E-state index in [1.54, 1.807) is 6.20 Å². The predicted octanol–water partition coefficient (Wildman–Crippen LogP) is 2.44. The molecule has 0 bridgehead atoms. The van der Waals surface area contributed by atoms with Crippen LogP contribution in [-0.4, -0.2) is 47.6 Å². The van der Waals surface area contributed by atoms with Gasteiger partial charge in [-0.05, 0) is 58.2 Å². The summed E-state index contributed by atoms with van der Waals surface area (Å²) in [7, 11) is 1.87. The van der Waals surface area contributed by atoms with Crippen LogP contribution in [0.3, 0.4) is 0 Å². The van der Waals surface area contributed by atoms with E-state index < -0.39 is 0 Å². The van der Waals surface area contributed by atoms with Crippen molar-refractivity contribution in [3.05, 3.63) is 12.3 Å². The fourth-order valence-corrected chi connectivity index (χ4v) is 2.73. The van der Waals surface area contributed by atoms with Gasteiger partial charge in [0.1, 0.15) is 5.82 Å². The number of nitrogens with one attached hydrogen (secondary N) is 2. The molecule has 0 aromatic carbocycles. The van der Waals surface area contributed by atoms with Gasteiger partial charge >= 0.3 is 0 Å². The van der Waals surface area contributed by atoms with Crippen LogP contribution in [0.15, 0.2) is 12.3 Å². The molecule has 0 spiro atoms. The third-order valence-corrected chi connectivity index (χ3v) is 4.13. The van der Waals surface area contributed by atoms with Crippen LogP contribution in [0.1, 0.15) is 33.1 Å². The number of anilines is 2. The molecule has 1 aromatic heterocycles. The lowest BCUT2D eigenvalue weighted by molar-refractivity contribution is 0.147. The molecule has 5 nitrogen and oxygen atoms in total. The third-order valence-electron chi connectivity index (χ3n) is 4.13. The average molecular weight is 277 g/mol. The maximum Gasteiger partial charge on any atom is 0.224 e. The summed E-state index contributed by atoms with van der Waals surface area (Å²) >= 11 is 0. The van der Waals surface area contributed by atoms with Gasteiger partial charge in [0.2, 0.25) is 5.95 Å². The first kappa shape index (κ1) is 15.0. The molecular weight excluding hydrogens is 250 g/mol. The molecule has 2 heterocycles. The van der Waals surface area contributed by atoms with Crippen LogP contribution in [0, 0.1) is 5.92 Å². The zero-order chi connectivity index (χ0) is 14.4. The standard InChI is InChI=1S/C15H27N5/c1-12(2)20-10-6-13(7-11-20)4-8-17-15-18-9-5-14(16-3)19-15/h5,9,12-13H,4,6-8,10-11H2,1-3H3,(H2,16,17,18,19). The number of hydrogen-bond acceptors (Lipinski definition) is 5. The Bertz CT molecular complexity index is 399. The lowest BCUT2D eigenvalue weighted by Crippen LogP contribution is -2.38. The maximum atomic E-state index is 4.37. The van der Waals surface area contributed by atoms with Gasteiger partial charge in [-0.3, -0.25) is 0 Å². The number of hydrogen-bond donors (Lipinski definition) is 2. The molecule has 0 radical (unpaired) electrons. The van der Waals surface area contributed by atoms with E-state index in [9.17, 15) is 0 Å². The average Bonchev–Trinajstić information content (AvgIpc) is 2.48. The van der Waals surface area contributed by atoms with Crippen molar-refractivity contribution in [3.63, 3.8) is 0 Å². The van der Waals surface area contributed by atoms with Crippen molar-refractivity contribution in [2.24, 2.45) is 5.92 Å². The summed E-state index contributed by atoms with van der Waals surface area (Å²) in [5.74, 6) is 2.41. The second kappa shape index (κ2) is 7.43. The van der Waals surface area contributed by atoms with E-state index in [0.717, 1.165) is 24.2 Å². The summed E-state index contributed by atoms with van der Waals surface area (Å²) < 4.78 is 0. The van der Waals surface area contributed by atoms with E-state index in [0.29, 0.717) is 6.04 Å². The number of nitrogens with zero attached hydrogens (tertiary/aromatic N) is 3. The fraction of sp³-hybridized carbons (Fsp3) is 0.733. The van der Waals surface area contributed by atoms with Crippen LogP contribution in [0.2, 0.25) is 0 Å². The van der Waals surface area contributed by atoms with Crippen molar-refractivity contribution in [3.8, 4) is 0 Å². The van der Waals surface area contributed by atoms with Crippen molar-refractivity contribution in [2.75, 3.05) is 37.3 Å². The van der Waals surface area contributed by atoms with Crippen molar-refractivity contribution in [1.82, 2.24) is 14.9 Å². The second-order valence-corrected chi connectivity index (χ2v) is 5.80. The first-order chi connectivity index (χ1) is 9.69. The van der Waals surface area contributed by atoms with E-state index in [1.165, 1.54) is 32.4 Å². The fourth-order valence-electron chi connectivity index (χ4n) is 2.73. The maximum absolute atomic E-state index is 4.37. The first-order valence-corrected chi connectivity index (χ1v) is 7.67. The van der Waals surface area contributed by atoms with Gasteiger partial charge in [-0.25, -0.2) is 4.98 Å². The largest absolute Gasteiger partial charge is 0.373 e.